The second kappa shape index (κ2) is 12.2. The molecule has 8 aromatic carbocycles. The Morgan fingerprint density at radius 3 is 1.74 bits per heavy atom. The zero-order valence-corrected chi connectivity index (χ0v) is 29.6. The highest BCUT2D eigenvalue weighted by atomic mass is 16.3. The van der Waals surface area contributed by atoms with E-state index in [1.54, 1.807) is 0 Å². The van der Waals surface area contributed by atoms with Gasteiger partial charge in [0.15, 0.2) is 5.58 Å². The van der Waals surface area contributed by atoms with Crippen molar-refractivity contribution in [1.29, 1.82) is 0 Å². The lowest BCUT2D eigenvalue weighted by Crippen LogP contribution is -2.15. The van der Waals surface area contributed by atoms with Crippen molar-refractivity contribution in [2.45, 2.75) is 19.3 Å². The third-order valence-corrected chi connectivity index (χ3v) is 10.9. The van der Waals surface area contributed by atoms with Crippen molar-refractivity contribution in [1.82, 2.24) is 4.98 Å². The van der Waals surface area contributed by atoms with Crippen LogP contribution >= 0.6 is 0 Å². The fourth-order valence-electron chi connectivity index (χ4n) is 8.13. The van der Waals surface area contributed by atoms with Gasteiger partial charge in [-0.2, -0.15) is 0 Å². The Balaban J connectivity index is 1.04. The first-order valence-corrected chi connectivity index (χ1v) is 18.2. The quantitative estimate of drug-likeness (QED) is 0.175. The zero-order chi connectivity index (χ0) is 35.5. The van der Waals surface area contributed by atoms with Crippen LogP contribution in [0.5, 0.6) is 0 Å². The van der Waals surface area contributed by atoms with Crippen molar-refractivity contribution in [3.8, 4) is 44.8 Å². The Morgan fingerprint density at radius 1 is 0.453 bits per heavy atom. The summed E-state index contributed by atoms with van der Waals surface area (Å²) in [6, 6.07) is 65.1. The molecule has 0 spiro atoms. The molecule has 0 saturated carbocycles. The van der Waals surface area contributed by atoms with Crippen LogP contribution in [0.25, 0.3) is 66.7 Å². The van der Waals surface area contributed by atoms with Gasteiger partial charge in [0.2, 0.25) is 5.89 Å². The van der Waals surface area contributed by atoms with Gasteiger partial charge in [-0.05, 0) is 117 Å². The molecule has 0 N–H and O–H groups in total. The fraction of sp³-hybridized carbons (Fsp3) is 0.0600. The molecule has 0 atom stereocenters. The number of aromatic nitrogens is 1. The molecule has 3 nitrogen and oxygen atoms in total. The highest BCUT2D eigenvalue weighted by Gasteiger charge is 2.35. The predicted octanol–water partition coefficient (Wildman–Crippen LogP) is 13.8. The van der Waals surface area contributed by atoms with Crippen LogP contribution in [-0.4, -0.2) is 4.98 Å². The Morgan fingerprint density at radius 2 is 1.02 bits per heavy atom. The molecule has 0 radical (unpaired) electrons. The minimum Gasteiger partial charge on any atom is -0.435 e. The van der Waals surface area contributed by atoms with Crippen LogP contribution in [0, 0.1) is 0 Å². The topological polar surface area (TPSA) is 29.3 Å². The molecule has 0 unspecified atom stereocenters. The number of anilines is 3. The van der Waals surface area contributed by atoms with Gasteiger partial charge in [0.25, 0.3) is 0 Å². The minimum atomic E-state index is -0.0441. The molecule has 10 rings (SSSR count). The first-order valence-electron chi connectivity index (χ1n) is 18.2. The molecule has 1 aliphatic carbocycles. The van der Waals surface area contributed by atoms with Crippen molar-refractivity contribution >= 4 is 38.9 Å². The molecule has 1 aromatic heterocycles. The zero-order valence-electron chi connectivity index (χ0n) is 29.6. The monoisotopic (exact) mass is 680 g/mol. The molecule has 3 heteroatoms. The van der Waals surface area contributed by atoms with Crippen molar-refractivity contribution in [2.75, 3.05) is 4.90 Å². The maximum atomic E-state index is 6.31. The third kappa shape index (κ3) is 5.24. The van der Waals surface area contributed by atoms with Crippen LogP contribution in [0.1, 0.15) is 25.0 Å². The lowest BCUT2D eigenvalue weighted by molar-refractivity contribution is 0.623. The van der Waals surface area contributed by atoms with E-state index in [0.717, 1.165) is 55.6 Å². The van der Waals surface area contributed by atoms with E-state index < -0.39 is 0 Å². The van der Waals surface area contributed by atoms with E-state index in [2.05, 4.69) is 170 Å². The highest BCUT2D eigenvalue weighted by Crippen LogP contribution is 2.50. The van der Waals surface area contributed by atoms with E-state index in [-0.39, 0.29) is 5.41 Å². The molecule has 0 amide bonds. The van der Waals surface area contributed by atoms with Gasteiger partial charge >= 0.3 is 0 Å². The number of benzene rings is 8. The Kier molecular flexibility index (Phi) is 7.16. The van der Waals surface area contributed by atoms with Crippen LogP contribution in [0.4, 0.5) is 17.1 Å². The predicted molar refractivity (Wildman–Crippen MR) is 220 cm³/mol. The van der Waals surface area contributed by atoms with E-state index in [1.165, 1.54) is 33.4 Å². The summed E-state index contributed by atoms with van der Waals surface area (Å²) in [7, 11) is 0. The number of hydrogen-bond acceptors (Lipinski definition) is 3. The lowest BCUT2D eigenvalue weighted by Gasteiger charge is -2.27. The van der Waals surface area contributed by atoms with Gasteiger partial charge in [-0.1, -0.05) is 129 Å². The van der Waals surface area contributed by atoms with E-state index in [1.807, 2.05) is 30.3 Å². The number of rotatable bonds is 6. The Bertz CT molecular complexity index is 2780. The molecule has 53 heavy (non-hydrogen) atoms. The maximum absolute atomic E-state index is 6.31. The van der Waals surface area contributed by atoms with Crippen LogP contribution in [-0.2, 0) is 5.41 Å². The molecular weight excluding hydrogens is 645 g/mol. The molecule has 0 bridgehead atoms. The van der Waals surface area contributed by atoms with Gasteiger partial charge in [-0.3, -0.25) is 0 Å². The molecule has 252 valence electrons. The van der Waals surface area contributed by atoms with E-state index in [9.17, 15) is 0 Å². The Labute approximate surface area is 309 Å². The van der Waals surface area contributed by atoms with Crippen LogP contribution in [0.15, 0.2) is 186 Å². The first kappa shape index (κ1) is 31.1. The summed E-state index contributed by atoms with van der Waals surface area (Å²) in [5.41, 5.74) is 16.0. The summed E-state index contributed by atoms with van der Waals surface area (Å²) in [6.07, 6.45) is 0. The highest BCUT2D eigenvalue weighted by molar-refractivity contribution is 6.05. The smallest absolute Gasteiger partial charge is 0.227 e. The largest absolute Gasteiger partial charge is 0.435 e. The second-order valence-electron chi connectivity index (χ2n) is 14.4. The van der Waals surface area contributed by atoms with E-state index >= 15 is 0 Å². The molecule has 0 aliphatic heterocycles. The van der Waals surface area contributed by atoms with E-state index in [0.29, 0.717) is 5.89 Å². The van der Waals surface area contributed by atoms with Crippen molar-refractivity contribution < 1.29 is 4.42 Å². The summed E-state index contributed by atoms with van der Waals surface area (Å²) in [5.74, 6) is 0.642. The van der Waals surface area contributed by atoms with Gasteiger partial charge in [-0.25, -0.2) is 4.98 Å². The van der Waals surface area contributed by atoms with Crippen LogP contribution in [0.3, 0.4) is 0 Å². The van der Waals surface area contributed by atoms with Crippen LogP contribution in [0.2, 0.25) is 0 Å². The van der Waals surface area contributed by atoms with Crippen molar-refractivity contribution in [2.24, 2.45) is 0 Å². The molecular formula is C50H36N2O. The maximum Gasteiger partial charge on any atom is 0.227 e. The van der Waals surface area contributed by atoms with Crippen molar-refractivity contribution in [3.05, 3.63) is 193 Å². The molecule has 1 heterocycles. The van der Waals surface area contributed by atoms with Gasteiger partial charge in [0.05, 0.1) is 0 Å². The van der Waals surface area contributed by atoms with Gasteiger partial charge < -0.3 is 9.32 Å². The first-order chi connectivity index (χ1) is 26.0. The van der Waals surface area contributed by atoms with Crippen LogP contribution < -0.4 is 4.90 Å². The molecule has 0 saturated heterocycles. The standard InChI is InChI=1S/C50H36N2O/c1-50(2)45-16-10-9-15-43(45)44-32-41(27-29-46(44)50)52(39-23-17-34(18-24-39)33-11-5-3-6-12-33)40-25-19-35(20-26-40)37-21-28-42-38(31-37)22-30-47-48(42)53-49(51-47)36-13-7-4-8-14-36/h3-32H,1-2H3. The molecule has 1 aliphatic rings. The third-order valence-electron chi connectivity index (χ3n) is 10.9. The molecule has 0 fully saturated rings. The number of hydrogen-bond donors (Lipinski definition) is 0. The van der Waals surface area contributed by atoms with Gasteiger partial charge in [0.1, 0.15) is 5.52 Å². The summed E-state index contributed by atoms with van der Waals surface area (Å²) in [6.45, 7) is 4.66. The average molecular weight is 681 g/mol. The number of nitrogens with zero attached hydrogens (tertiary/aromatic N) is 2. The second-order valence-corrected chi connectivity index (χ2v) is 14.4. The summed E-state index contributed by atoms with van der Waals surface area (Å²) >= 11 is 0. The van der Waals surface area contributed by atoms with Crippen molar-refractivity contribution in [3.63, 3.8) is 0 Å². The minimum absolute atomic E-state index is 0.0441. The number of oxazole rings is 1. The average Bonchev–Trinajstić information content (AvgIpc) is 3.76. The summed E-state index contributed by atoms with van der Waals surface area (Å²) < 4.78 is 6.31. The number of fused-ring (bicyclic) bond motifs is 6. The Hall–Kier alpha value is -6.71. The fourth-order valence-corrected chi connectivity index (χ4v) is 8.13. The SMILES string of the molecule is CC1(C)c2ccccc2-c2cc(N(c3ccc(-c4ccccc4)cc3)c3ccc(-c4ccc5c(ccc6nc(-c7ccccc7)oc65)c4)cc3)ccc21. The summed E-state index contributed by atoms with van der Waals surface area (Å²) in [4.78, 5) is 7.15. The molecule has 9 aromatic rings. The van der Waals surface area contributed by atoms with Gasteiger partial charge in [0, 0.05) is 33.4 Å². The van der Waals surface area contributed by atoms with E-state index in [4.69, 9.17) is 9.40 Å². The normalized spacial score (nSPS) is 12.9. The lowest BCUT2D eigenvalue weighted by atomic mass is 9.82. The van der Waals surface area contributed by atoms with Gasteiger partial charge in [-0.15, -0.1) is 0 Å². The summed E-state index contributed by atoms with van der Waals surface area (Å²) in [5, 5.41) is 2.18.